The van der Waals surface area contributed by atoms with Gasteiger partial charge in [-0.1, -0.05) is 36.4 Å². The van der Waals surface area contributed by atoms with E-state index in [-0.39, 0.29) is 11.9 Å². The molecule has 0 aromatic heterocycles. The number of hydrogen-bond acceptors (Lipinski definition) is 4. The van der Waals surface area contributed by atoms with Crippen molar-refractivity contribution in [2.45, 2.75) is 32.9 Å². The number of ether oxygens (including phenoxy) is 1. The van der Waals surface area contributed by atoms with Crippen LogP contribution in [0.1, 0.15) is 31.0 Å². The van der Waals surface area contributed by atoms with E-state index < -0.39 is 16.1 Å². The number of rotatable bonds is 7. The maximum Gasteiger partial charge on any atom is 0.244 e. The van der Waals surface area contributed by atoms with Crippen LogP contribution in [0.5, 0.6) is 5.75 Å². The fourth-order valence-electron chi connectivity index (χ4n) is 2.91. The Hall–Kier alpha value is -2.54. The third-order valence-corrected chi connectivity index (χ3v) is 5.55. The Balaban J connectivity index is 2.35. The van der Waals surface area contributed by atoms with Crippen molar-refractivity contribution in [3.8, 4) is 5.75 Å². The third kappa shape index (κ3) is 5.01. The first-order valence-corrected chi connectivity index (χ1v) is 10.5. The van der Waals surface area contributed by atoms with Crippen molar-refractivity contribution in [2.75, 3.05) is 17.7 Å². The van der Waals surface area contributed by atoms with E-state index >= 15 is 0 Å². The second kappa shape index (κ2) is 8.43. The summed E-state index contributed by atoms with van der Waals surface area (Å²) in [5.41, 5.74) is 2.15. The van der Waals surface area contributed by atoms with Crippen molar-refractivity contribution in [1.82, 2.24) is 5.32 Å². The van der Waals surface area contributed by atoms with Crippen molar-refractivity contribution in [1.29, 1.82) is 0 Å². The molecule has 0 fully saturated rings. The molecule has 2 rings (SSSR count). The smallest absolute Gasteiger partial charge is 0.244 e. The molecular weight excluding hydrogens is 364 g/mol. The van der Waals surface area contributed by atoms with Crippen LogP contribution in [0.2, 0.25) is 0 Å². The molecule has 0 aliphatic heterocycles. The lowest BCUT2D eigenvalue weighted by Crippen LogP contribution is -2.48. The first-order valence-electron chi connectivity index (χ1n) is 8.64. The molecule has 6 nitrogen and oxygen atoms in total. The number of aryl methyl sites for hydroxylation is 1. The average Bonchev–Trinajstić information content (AvgIpc) is 2.61. The van der Waals surface area contributed by atoms with E-state index in [0.717, 1.165) is 21.7 Å². The van der Waals surface area contributed by atoms with E-state index in [1.807, 2.05) is 50.2 Å². The van der Waals surface area contributed by atoms with E-state index in [9.17, 15) is 13.2 Å². The van der Waals surface area contributed by atoms with Crippen molar-refractivity contribution in [3.63, 3.8) is 0 Å². The molecule has 0 heterocycles. The Morgan fingerprint density at radius 2 is 1.74 bits per heavy atom. The minimum atomic E-state index is -3.72. The van der Waals surface area contributed by atoms with Gasteiger partial charge in [-0.15, -0.1) is 0 Å². The predicted octanol–water partition coefficient (Wildman–Crippen LogP) is 3.04. The number of amides is 1. The molecule has 0 aliphatic rings. The standard InChI is InChI=1S/C20H26N2O4S/c1-14-11-12-19(26-4)18(13-14)22(27(5,24)25)16(3)20(23)21-15(2)17-9-7-6-8-10-17/h6-13,15-16H,1-5H3,(H,21,23)/t15-,16-/m1/s1. The summed E-state index contributed by atoms with van der Waals surface area (Å²) in [4.78, 5) is 12.8. The zero-order chi connectivity index (χ0) is 20.2. The minimum Gasteiger partial charge on any atom is -0.495 e. The first kappa shape index (κ1) is 20.8. The first-order chi connectivity index (χ1) is 12.6. The van der Waals surface area contributed by atoms with Gasteiger partial charge in [0, 0.05) is 0 Å². The highest BCUT2D eigenvalue weighted by Gasteiger charge is 2.32. The SMILES string of the molecule is COc1ccc(C)cc1N([C@H](C)C(=O)N[C@H](C)c1ccccc1)S(C)(=O)=O. The molecule has 1 N–H and O–H groups in total. The van der Waals surface area contributed by atoms with Crippen LogP contribution in [-0.2, 0) is 14.8 Å². The Bertz CT molecular complexity index is 897. The molecule has 2 aromatic carbocycles. The zero-order valence-electron chi connectivity index (χ0n) is 16.3. The maximum atomic E-state index is 12.8. The van der Waals surface area contributed by atoms with Gasteiger partial charge in [0.25, 0.3) is 0 Å². The van der Waals surface area contributed by atoms with Gasteiger partial charge in [-0.05, 0) is 44.0 Å². The molecule has 2 aromatic rings. The molecule has 7 heteroatoms. The van der Waals surface area contributed by atoms with E-state index in [0.29, 0.717) is 11.4 Å². The molecule has 2 atom stereocenters. The largest absolute Gasteiger partial charge is 0.495 e. The number of nitrogens with zero attached hydrogens (tertiary/aromatic N) is 1. The zero-order valence-corrected chi connectivity index (χ0v) is 17.1. The van der Waals surface area contributed by atoms with Crippen molar-refractivity contribution >= 4 is 21.6 Å². The summed E-state index contributed by atoms with van der Waals surface area (Å²) in [6, 6.07) is 13.5. The second-order valence-electron chi connectivity index (χ2n) is 6.55. The van der Waals surface area contributed by atoms with Crippen LogP contribution >= 0.6 is 0 Å². The summed E-state index contributed by atoms with van der Waals surface area (Å²) in [7, 11) is -2.25. The van der Waals surface area contributed by atoms with Gasteiger partial charge < -0.3 is 10.1 Å². The summed E-state index contributed by atoms with van der Waals surface area (Å²) >= 11 is 0. The van der Waals surface area contributed by atoms with Gasteiger partial charge in [0.15, 0.2) is 0 Å². The van der Waals surface area contributed by atoms with Gasteiger partial charge in [-0.25, -0.2) is 8.42 Å². The lowest BCUT2D eigenvalue weighted by Gasteiger charge is -2.30. The molecule has 1 amide bonds. The lowest BCUT2D eigenvalue weighted by atomic mass is 10.1. The summed E-state index contributed by atoms with van der Waals surface area (Å²) in [5.74, 6) is 0.00196. The molecule has 0 radical (unpaired) electrons. The van der Waals surface area contributed by atoms with E-state index in [1.54, 1.807) is 19.1 Å². The van der Waals surface area contributed by atoms with Gasteiger partial charge in [0.05, 0.1) is 25.1 Å². The number of nitrogens with one attached hydrogen (secondary N) is 1. The molecule has 0 saturated carbocycles. The average molecular weight is 391 g/mol. The van der Waals surface area contributed by atoms with E-state index in [2.05, 4.69) is 5.32 Å². The second-order valence-corrected chi connectivity index (χ2v) is 8.41. The predicted molar refractivity (Wildman–Crippen MR) is 108 cm³/mol. The fraction of sp³-hybridized carbons (Fsp3) is 0.350. The van der Waals surface area contributed by atoms with Crippen molar-refractivity contribution in [3.05, 3.63) is 59.7 Å². The quantitative estimate of drug-likeness (QED) is 0.788. The molecule has 0 aliphatic carbocycles. The van der Waals surface area contributed by atoms with Crippen LogP contribution in [-0.4, -0.2) is 33.7 Å². The van der Waals surface area contributed by atoms with Crippen LogP contribution in [0.25, 0.3) is 0 Å². The van der Waals surface area contributed by atoms with Gasteiger partial charge in [0.2, 0.25) is 15.9 Å². The molecule has 0 bridgehead atoms. The molecular formula is C20H26N2O4S. The number of benzene rings is 2. The lowest BCUT2D eigenvalue weighted by molar-refractivity contribution is -0.122. The highest BCUT2D eigenvalue weighted by molar-refractivity contribution is 7.92. The number of sulfonamides is 1. The Morgan fingerprint density at radius 1 is 1.11 bits per heavy atom. The topological polar surface area (TPSA) is 75.7 Å². The van der Waals surface area contributed by atoms with Crippen LogP contribution in [0.15, 0.2) is 48.5 Å². The van der Waals surface area contributed by atoms with Gasteiger partial charge in [0.1, 0.15) is 11.8 Å². The number of methoxy groups -OCH3 is 1. The maximum absolute atomic E-state index is 12.8. The molecule has 0 spiro atoms. The van der Waals surface area contributed by atoms with Crippen molar-refractivity contribution < 1.29 is 17.9 Å². The summed E-state index contributed by atoms with van der Waals surface area (Å²) < 4.78 is 31.4. The van der Waals surface area contributed by atoms with E-state index in [1.165, 1.54) is 7.11 Å². The van der Waals surface area contributed by atoms with Gasteiger partial charge in [-0.2, -0.15) is 0 Å². The Morgan fingerprint density at radius 3 is 2.30 bits per heavy atom. The molecule has 146 valence electrons. The molecule has 0 saturated heterocycles. The van der Waals surface area contributed by atoms with Crippen molar-refractivity contribution in [2.24, 2.45) is 0 Å². The van der Waals surface area contributed by atoms with E-state index in [4.69, 9.17) is 4.74 Å². The van der Waals surface area contributed by atoms with Gasteiger partial charge in [-0.3, -0.25) is 9.10 Å². The van der Waals surface area contributed by atoms with Gasteiger partial charge >= 0.3 is 0 Å². The number of carbonyl (C=O) groups excluding carboxylic acids is 1. The Labute approximate surface area is 161 Å². The van der Waals surface area contributed by atoms with Crippen LogP contribution in [0.3, 0.4) is 0 Å². The third-order valence-electron chi connectivity index (χ3n) is 4.32. The highest BCUT2D eigenvalue weighted by Crippen LogP contribution is 2.32. The Kier molecular flexibility index (Phi) is 6.49. The monoisotopic (exact) mass is 390 g/mol. The summed E-state index contributed by atoms with van der Waals surface area (Å²) in [5, 5.41) is 2.88. The highest BCUT2D eigenvalue weighted by atomic mass is 32.2. The van der Waals surface area contributed by atoms with Crippen LogP contribution in [0.4, 0.5) is 5.69 Å². The summed E-state index contributed by atoms with van der Waals surface area (Å²) in [6.07, 6.45) is 1.08. The number of hydrogen-bond donors (Lipinski definition) is 1. The number of carbonyl (C=O) groups is 1. The van der Waals surface area contributed by atoms with Crippen LogP contribution < -0.4 is 14.4 Å². The summed E-state index contributed by atoms with van der Waals surface area (Å²) in [6.45, 7) is 5.28. The molecule has 27 heavy (non-hydrogen) atoms. The number of anilines is 1. The van der Waals surface area contributed by atoms with Crippen LogP contribution in [0, 0.1) is 6.92 Å². The molecule has 0 unspecified atom stereocenters. The fourth-order valence-corrected chi connectivity index (χ4v) is 4.08. The normalized spacial score (nSPS) is 13.5. The minimum absolute atomic E-state index is 0.248.